The number of morpholine rings is 1. The van der Waals surface area contributed by atoms with Gasteiger partial charge in [-0.15, -0.1) is 0 Å². The second kappa shape index (κ2) is 10.8. The number of ether oxygens (including phenoxy) is 1. The van der Waals surface area contributed by atoms with Gasteiger partial charge in [0.1, 0.15) is 0 Å². The average Bonchev–Trinajstić information content (AvgIpc) is 2.75. The third kappa shape index (κ3) is 5.88. The van der Waals surface area contributed by atoms with Gasteiger partial charge in [-0.3, -0.25) is 14.5 Å². The summed E-state index contributed by atoms with van der Waals surface area (Å²) in [6, 6.07) is 5.18. The Balaban J connectivity index is 1.56. The lowest BCUT2D eigenvalue weighted by Gasteiger charge is -2.37. The van der Waals surface area contributed by atoms with Crippen molar-refractivity contribution >= 4 is 35.0 Å². The van der Waals surface area contributed by atoms with Crippen LogP contribution < -0.4 is 5.32 Å². The summed E-state index contributed by atoms with van der Waals surface area (Å²) < 4.78 is 5.45. The van der Waals surface area contributed by atoms with E-state index >= 15 is 0 Å². The number of nitrogens with one attached hydrogen (secondary N) is 1. The number of nitrogens with zero attached hydrogens (tertiary/aromatic N) is 2. The van der Waals surface area contributed by atoms with Gasteiger partial charge in [0, 0.05) is 44.3 Å². The van der Waals surface area contributed by atoms with E-state index in [9.17, 15) is 9.59 Å². The molecule has 0 saturated carbocycles. The highest BCUT2D eigenvalue weighted by molar-refractivity contribution is 6.42. The van der Waals surface area contributed by atoms with E-state index < -0.39 is 0 Å². The monoisotopic (exact) mass is 455 g/mol. The number of rotatable bonds is 6. The van der Waals surface area contributed by atoms with Crippen molar-refractivity contribution in [2.24, 2.45) is 11.8 Å². The minimum Gasteiger partial charge on any atom is -0.379 e. The summed E-state index contributed by atoms with van der Waals surface area (Å²) in [5, 5.41) is 3.93. The lowest BCUT2D eigenvalue weighted by molar-refractivity contribution is -0.126. The van der Waals surface area contributed by atoms with Crippen molar-refractivity contribution < 1.29 is 14.3 Å². The summed E-state index contributed by atoms with van der Waals surface area (Å²) in [6.07, 6.45) is 1.60. The molecule has 2 saturated heterocycles. The molecule has 1 N–H and O–H groups in total. The maximum absolute atomic E-state index is 12.9. The maximum atomic E-state index is 12.9. The number of carbonyl (C=O) groups excluding carboxylic acids is 2. The third-order valence-corrected chi connectivity index (χ3v) is 6.75. The van der Waals surface area contributed by atoms with Crippen LogP contribution in [0, 0.1) is 11.8 Å². The van der Waals surface area contributed by atoms with Gasteiger partial charge in [0.15, 0.2) is 0 Å². The van der Waals surface area contributed by atoms with Gasteiger partial charge in [0.25, 0.3) is 5.91 Å². The highest BCUT2D eigenvalue weighted by Crippen LogP contribution is 2.25. The molecule has 2 unspecified atom stereocenters. The molecule has 2 heterocycles. The Labute approximate surface area is 188 Å². The van der Waals surface area contributed by atoms with Crippen molar-refractivity contribution in [3.05, 3.63) is 33.8 Å². The minimum atomic E-state index is -0.192. The molecule has 0 aliphatic carbocycles. The SMILES string of the molecule is CC(C)C(CNC(=O)C1CCCN(C(=O)c2ccc(Cl)c(Cl)c2)C1)N1CCOCC1. The number of amides is 2. The first-order chi connectivity index (χ1) is 14.4. The Bertz CT molecular complexity index is 753. The Morgan fingerprint density at radius 3 is 2.57 bits per heavy atom. The van der Waals surface area contributed by atoms with E-state index in [1.165, 1.54) is 0 Å². The van der Waals surface area contributed by atoms with Crippen LogP contribution in [0.4, 0.5) is 0 Å². The fraction of sp³-hybridized carbons (Fsp3) is 0.636. The lowest BCUT2D eigenvalue weighted by Crippen LogP contribution is -2.52. The average molecular weight is 456 g/mol. The molecule has 6 nitrogen and oxygen atoms in total. The van der Waals surface area contributed by atoms with Crippen LogP contribution in [0.3, 0.4) is 0 Å². The van der Waals surface area contributed by atoms with Crippen molar-refractivity contribution in [1.29, 1.82) is 0 Å². The smallest absolute Gasteiger partial charge is 0.253 e. The zero-order valence-corrected chi connectivity index (χ0v) is 19.2. The number of carbonyl (C=O) groups is 2. The Morgan fingerprint density at radius 1 is 1.17 bits per heavy atom. The summed E-state index contributed by atoms with van der Waals surface area (Å²) in [4.78, 5) is 29.9. The Hall–Kier alpha value is -1.34. The van der Waals surface area contributed by atoms with Crippen LogP contribution in [0.2, 0.25) is 10.0 Å². The minimum absolute atomic E-state index is 0.0283. The Kier molecular flexibility index (Phi) is 8.40. The van der Waals surface area contributed by atoms with Crippen molar-refractivity contribution in [2.45, 2.75) is 32.7 Å². The molecule has 8 heteroatoms. The first-order valence-corrected chi connectivity index (χ1v) is 11.5. The predicted octanol–water partition coefficient (Wildman–Crippen LogP) is 3.32. The van der Waals surface area contributed by atoms with Crippen molar-refractivity contribution in [3.8, 4) is 0 Å². The summed E-state index contributed by atoms with van der Waals surface area (Å²) in [7, 11) is 0. The fourth-order valence-electron chi connectivity index (χ4n) is 4.23. The fourth-order valence-corrected chi connectivity index (χ4v) is 4.53. The van der Waals surface area contributed by atoms with Crippen LogP contribution in [-0.4, -0.2) is 73.6 Å². The second-order valence-corrected chi connectivity index (χ2v) is 9.24. The van der Waals surface area contributed by atoms with Gasteiger partial charge in [-0.05, 0) is 37.0 Å². The molecule has 0 aromatic heterocycles. The Morgan fingerprint density at radius 2 is 1.90 bits per heavy atom. The molecule has 1 aromatic carbocycles. The van der Waals surface area contributed by atoms with E-state index in [1.54, 1.807) is 23.1 Å². The van der Waals surface area contributed by atoms with Crippen molar-refractivity contribution in [1.82, 2.24) is 15.1 Å². The number of benzene rings is 1. The molecule has 3 rings (SSSR count). The molecule has 2 aliphatic heterocycles. The first-order valence-electron chi connectivity index (χ1n) is 10.7. The van der Waals surface area contributed by atoms with E-state index in [4.69, 9.17) is 27.9 Å². The topological polar surface area (TPSA) is 61.9 Å². The largest absolute Gasteiger partial charge is 0.379 e. The summed E-state index contributed by atoms with van der Waals surface area (Å²) >= 11 is 12.0. The lowest BCUT2D eigenvalue weighted by atomic mass is 9.95. The molecule has 2 aliphatic rings. The van der Waals surface area contributed by atoms with E-state index in [-0.39, 0.29) is 23.8 Å². The molecule has 30 heavy (non-hydrogen) atoms. The van der Waals surface area contributed by atoms with E-state index in [2.05, 4.69) is 24.1 Å². The summed E-state index contributed by atoms with van der Waals surface area (Å²) in [6.45, 7) is 9.34. The molecular weight excluding hydrogens is 425 g/mol. The maximum Gasteiger partial charge on any atom is 0.253 e. The zero-order chi connectivity index (χ0) is 21.7. The van der Waals surface area contributed by atoms with Crippen molar-refractivity contribution in [2.75, 3.05) is 45.9 Å². The standard InChI is InChI=1S/C22H31Cl2N3O3/c1-15(2)20(26-8-10-30-11-9-26)13-25-21(28)17-4-3-7-27(14-17)22(29)16-5-6-18(23)19(24)12-16/h5-6,12,15,17,20H,3-4,7-11,13-14H2,1-2H3,(H,25,28). The highest BCUT2D eigenvalue weighted by Gasteiger charge is 2.30. The van der Waals surface area contributed by atoms with Crippen LogP contribution >= 0.6 is 23.2 Å². The van der Waals surface area contributed by atoms with Crippen LogP contribution in [0.5, 0.6) is 0 Å². The van der Waals surface area contributed by atoms with Gasteiger partial charge >= 0.3 is 0 Å². The van der Waals surface area contributed by atoms with E-state index in [0.717, 1.165) is 39.1 Å². The molecular formula is C22H31Cl2N3O3. The third-order valence-electron chi connectivity index (χ3n) is 6.02. The van der Waals surface area contributed by atoms with Crippen LogP contribution in [0.25, 0.3) is 0 Å². The molecule has 2 fully saturated rings. The quantitative estimate of drug-likeness (QED) is 0.714. The number of halogens is 2. The number of hydrogen-bond acceptors (Lipinski definition) is 4. The highest BCUT2D eigenvalue weighted by atomic mass is 35.5. The molecule has 2 amide bonds. The number of piperidine rings is 1. The molecule has 166 valence electrons. The zero-order valence-electron chi connectivity index (χ0n) is 17.7. The summed E-state index contributed by atoms with van der Waals surface area (Å²) in [5.74, 6) is 0.158. The van der Waals surface area contributed by atoms with Crippen LogP contribution in [0.15, 0.2) is 18.2 Å². The van der Waals surface area contributed by atoms with Gasteiger partial charge in [0.05, 0.1) is 29.2 Å². The van der Waals surface area contributed by atoms with Crippen LogP contribution in [0.1, 0.15) is 37.0 Å². The van der Waals surface area contributed by atoms with E-state index in [0.29, 0.717) is 41.2 Å². The predicted molar refractivity (Wildman–Crippen MR) is 119 cm³/mol. The van der Waals surface area contributed by atoms with Gasteiger partial charge in [0.2, 0.25) is 5.91 Å². The molecule has 1 aromatic rings. The van der Waals surface area contributed by atoms with Crippen molar-refractivity contribution in [3.63, 3.8) is 0 Å². The van der Waals surface area contributed by atoms with Gasteiger partial charge in [-0.1, -0.05) is 37.0 Å². The summed E-state index contributed by atoms with van der Waals surface area (Å²) in [5.41, 5.74) is 0.498. The van der Waals surface area contributed by atoms with E-state index in [1.807, 2.05) is 0 Å². The molecule has 0 radical (unpaired) electrons. The number of likely N-dealkylation sites (tertiary alicyclic amines) is 1. The second-order valence-electron chi connectivity index (χ2n) is 8.42. The normalized spacial score (nSPS) is 21.5. The van der Waals surface area contributed by atoms with Gasteiger partial charge < -0.3 is 15.0 Å². The number of hydrogen-bond donors (Lipinski definition) is 1. The van der Waals surface area contributed by atoms with Gasteiger partial charge in [-0.2, -0.15) is 0 Å². The van der Waals surface area contributed by atoms with Crippen LogP contribution in [-0.2, 0) is 9.53 Å². The van der Waals surface area contributed by atoms with Gasteiger partial charge in [-0.25, -0.2) is 0 Å². The molecule has 0 spiro atoms. The molecule has 0 bridgehead atoms. The molecule has 2 atom stereocenters. The first kappa shape index (κ1) is 23.3.